The van der Waals surface area contributed by atoms with Crippen molar-refractivity contribution in [1.82, 2.24) is 14.5 Å². The molecule has 6 heteroatoms. The summed E-state index contributed by atoms with van der Waals surface area (Å²) >= 11 is 0. The van der Waals surface area contributed by atoms with Gasteiger partial charge < -0.3 is 19.5 Å². The third kappa shape index (κ3) is 3.00. The summed E-state index contributed by atoms with van der Waals surface area (Å²) in [7, 11) is 0. The molecule has 1 spiro atoms. The van der Waals surface area contributed by atoms with Crippen molar-refractivity contribution in [2.45, 2.75) is 38.6 Å². The van der Waals surface area contributed by atoms with Crippen LogP contribution in [0.2, 0.25) is 0 Å². The molecule has 160 valence electrons. The van der Waals surface area contributed by atoms with Crippen LogP contribution < -0.4 is 4.90 Å². The molecular weight excluding hydrogens is 388 g/mol. The smallest absolute Gasteiger partial charge is 0.254 e. The molecule has 2 aromatic heterocycles. The lowest BCUT2D eigenvalue weighted by molar-refractivity contribution is 0.0781. The lowest BCUT2D eigenvalue weighted by Gasteiger charge is -2.47. The number of nitrogens with zero attached hydrogens (tertiary/aromatic N) is 4. The fourth-order valence-corrected chi connectivity index (χ4v) is 5.07. The summed E-state index contributed by atoms with van der Waals surface area (Å²) in [5.74, 6) is 1.09. The van der Waals surface area contributed by atoms with E-state index < -0.39 is 0 Å². The number of rotatable bonds is 4. The maximum absolute atomic E-state index is 13.3. The number of benzene rings is 1. The van der Waals surface area contributed by atoms with Crippen molar-refractivity contribution in [3.05, 3.63) is 71.7 Å². The fraction of sp³-hybridized carbons (Fsp3) is 0.360. The number of likely N-dealkylation sites (tertiary alicyclic amines) is 1. The normalized spacial score (nSPS) is 19.5. The van der Waals surface area contributed by atoms with Gasteiger partial charge >= 0.3 is 0 Å². The number of aromatic hydroxyl groups is 1. The molecule has 0 aliphatic carbocycles. The zero-order chi connectivity index (χ0) is 21.6. The quantitative estimate of drug-likeness (QED) is 0.691. The molecule has 2 aliphatic rings. The van der Waals surface area contributed by atoms with Crippen molar-refractivity contribution in [1.29, 1.82) is 0 Å². The zero-order valence-corrected chi connectivity index (χ0v) is 18.1. The average Bonchev–Trinajstić information content (AvgIpc) is 3.44. The number of hydrogen-bond donors (Lipinski definition) is 1. The van der Waals surface area contributed by atoms with Crippen LogP contribution in [0.4, 0.5) is 5.69 Å². The topological polar surface area (TPSA) is 61.6 Å². The molecule has 1 aromatic carbocycles. The molecule has 0 unspecified atom stereocenters. The van der Waals surface area contributed by atoms with E-state index in [0.29, 0.717) is 18.7 Å². The van der Waals surface area contributed by atoms with Crippen LogP contribution in [0.5, 0.6) is 5.75 Å². The first-order valence-electron chi connectivity index (χ1n) is 11.0. The molecule has 1 atom stereocenters. The summed E-state index contributed by atoms with van der Waals surface area (Å²) in [4.78, 5) is 22.4. The maximum atomic E-state index is 13.3. The van der Waals surface area contributed by atoms with Gasteiger partial charge in [-0.2, -0.15) is 0 Å². The molecule has 1 saturated heterocycles. The number of carbonyl (C=O) groups excluding carboxylic acids is 1. The highest BCUT2D eigenvalue weighted by atomic mass is 16.3. The minimum Gasteiger partial charge on any atom is -0.508 e. The van der Waals surface area contributed by atoms with E-state index in [9.17, 15) is 9.90 Å². The summed E-state index contributed by atoms with van der Waals surface area (Å²) in [5.41, 5.74) is 3.35. The van der Waals surface area contributed by atoms with Gasteiger partial charge in [0.1, 0.15) is 11.3 Å². The van der Waals surface area contributed by atoms with E-state index in [1.807, 2.05) is 24.1 Å². The summed E-state index contributed by atoms with van der Waals surface area (Å²) in [5, 5.41) is 10.1. The summed E-state index contributed by atoms with van der Waals surface area (Å²) in [6, 6.07) is 13.6. The molecular formula is C25H28N4O2. The van der Waals surface area contributed by atoms with Crippen molar-refractivity contribution in [2.75, 3.05) is 24.5 Å². The van der Waals surface area contributed by atoms with Crippen molar-refractivity contribution >= 4 is 11.6 Å². The van der Waals surface area contributed by atoms with Crippen LogP contribution in [0, 0.1) is 6.92 Å². The van der Waals surface area contributed by atoms with Gasteiger partial charge in [0.2, 0.25) is 0 Å². The van der Waals surface area contributed by atoms with Crippen molar-refractivity contribution in [2.24, 2.45) is 0 Å². The average molecular weight is 417 g/mol. The van der Waals surface area contributed by atoms with Crippen LogP contribution in [0.3, 0.4) is 0 Å². The molecule has 2 aliphatic heterocycles. The predicted molar refractivity (Wildman–Crippen MR) is 121 cm³/mol. The SMILES string of the molecule is CCCCN1c2cccnc2-n2cccc2[C@]12CCN(C(=O)c1ccc(C)c(O)c1)C2. The Hall–Kier alpha value is -3.28. The molecule has 0 saturated carbocycles. The summed E-state index contributed by atoms with van der Waals surface area (Å²) < 4.78 is 2.18. The Balaban J connectivity index is 1.54. The first-order valence-corrected chi connectivity index (χ1v) is 11.0. The van der Waals surface area contributed by atoms with Crippen molar-refractivity contribution in [3.63, 3.8) is 0 Å². The second-order valence-electron chi connectivity index (χ2n) is 8.62. The molecule has 5 rings (SSSR count). The molecule has 0 radical (unpaired) electrons. The lowest BCUT2D eigenvalue weighted by atomic mass is 9.88. The zero-order valence-electron chi connectivity index (χ0n) is 18.1. The third-order valence-corrected chi connectivity index (χ3v) is 6.75. The van der Waals surface area contributed by atoms with E-state index >= 15 is 0 Å². The monoisotopic (exact) mass is 416 g/mol. The van der Waals surface area contributed by atoms with Gasteiger partial charge in [-0.3, -0.25) is 4.79 Å². The number of phenols is 1. The first-order chi connectivity index (χ1) is 15.0. The minimum absolute atomic E-state index is 0.0299. The van der Waals surface area contributed by atoms with Crippen molar-refractivity contribution in [3.8, 4) is 11.6 Å². The number of phenolic OH excluding ortho intramolecular Hbond substituents is 1. The van der Waals surface area contributed by atoms with E-state index in [1.165, 1.54) is 5.69 Å². The van der Waals surface area contributed by atoms with E-state index in [1.54, 1.807) is 18.2 Å². The van der Waals surface area contributed by atoms with Crippen molar-refractivity contribution < 1.29 is 9.90 Å². The largest absolute Gasteiger partial charge is 0.508 e. The Morgan fingerprint density at radius 2 is 2.10 bits per heavy atom. The Bertz CT molecular complexity index is 1140. The van der Waals surface area contributed by atoms with Gasteiger partial charge in [0.05, 0.1) is 11.4 Å². The van der Waals surface area contributed by atoms with Gasteiger partial charge in [0, 0.05) is 37.6 Å². The number of anilines is 1. The molecule has 6 nitrogen and oxygen atoms in total. The number of aryl methyl sites for hydroxylation is 1. The second kappa shape index (κ2) is 7.45. The second-order valence-corrected chi connectivity index (χ2v) is 8.62. The van der Waals surface area contributed by atoms with Gasteiger partial charge in [0.25, 0.3) is 5.91 Å². The third-order valence-electron chi connectivity index (χ3n) is 6.75. The highest BCUT2D eigenvalue weighted by Crippen LogP contribution is 2.47. The van der Waals surface area contributed by atoms with Crippen LogP contribution in [0.15, 0.2) is 54.9 Å². The number of unbranched alkanes of at least 4 members (excludes halogenated alkanes) is 1. The summed E-state index contributed by atoms with van der Waals surface area (Å²) in [6.45, 7) is 6.26. The molecule has 1 fully saturated rings. The van der Waals surface area contributed by atoms with E-state index in [4.69, 9.17) is 0 Å². The Morgan fingerprint density at radius 1 is 1.23 bits per heavy atom. The van der Waals surface area contributed by atoms with Gasteiger partial charge in [0.15, 0.2) is 5.82 Å². The maximum Gasteiger partial charge on any atom is 0.254 e. The van der Waals surface area contributed by atoms with E-state index in [-0.39, 0.29) is 17.2 Å². The molecule has 4 heterocycles. The Morgan fingerprint density at radius 3 is 2.90 bits per heavy atom. The minimum atomic E-state index is -0.281. The number of amides is 1. The first kappa shape index (κ1) is 19.7. The van der Waals surface area contributed by atoms with Gasteiger partial charge in [-0.05, 0) is 61.7 Å². The highest BCUT2D eigenvalue weighted by molar-refractivity contribution is 5.95. The Labute approximate surface area is 182 Å². The molecule has 1 N–H and O–H groups in total. The van der Waals surface area contributed by atoms with Crippen LogP contribution in [-0.4, -0.2) is 45.1 Å². The standard InChI is InChI=1S/C25H28N4O2/c1-3-4-14-29-20-7-5-12-26-23(20)28-13-6-8-22(28)25(29)11-15-27(17-25)24(31)19-10-9-18(2)21(30)16-19/h5-10,12-13,16,30H,3-4,11,14-15,17H2,1-2H3/t25-/m1/s1. The van der Waals surface area contributed by atoms with Crippen LogP contribution in [-0.2, 0) is 5.54 Å². The molecule has 1 amide bonds. The molecule has 3 aromatic rings. The number of hydrogen-bond acceptors (Lipinski definition) is 4. The van der Waals surface area contributed by atoms with Gasteiger partial charge in [-0.15, -0.1) is 0 Å². The van der Waals surface area contributed by atoms with Gasteiger partial charge in [-0.25, -0.2) is 4.98 Å². The lowest BCUT2D eigenvalue weighted by Crippen LogP contribution is -2.53. The number of carbonyl (C=O) groups is 1. The molecule has 0 bridgehead atoms. The number of aromatic nitrogens is 2. The van der Waals surface area contributed by atoms with E-state index in [0.717, 1.165) is 42.9 Å². The van der Waals surface area contributed by atoms with Gasteiger partial charge in [-0.1, -0.05) is 19.4 Å². The van der Waals surface area contributed by atoms with Crippen LogP contribution in [0.25, 0.3) is 5.82 Å². The van der Waals surface area contributed by atoms with Crippen LogP contribution in [0.1, 0.15) is 47.8 Å². The molecule has 31 heavy (non-hydrogen) atoms. The number of pyridine rings is 1. The van der Waals surface area contributed by atoms with E-state index in [2.05, 4.69) is 45.8 Å². The fourth-order valence-electron chi connectivity index (χ4n) is 5.07. The van der Waals surface area contributed by atoms with Crippen LogP contribution >= 0.6 is 0 Å². The predicted octanol–water partition coefficient (Wildman–Crippen LogP) is 4.25. The number of fused-ring (bicyclic) bond motifs is 4. The summed E-state index contributed by atoms with van der Waals surface area (Å²) in [6.07, 6.45) is 6.96. The highest BCUT2D eigenvalue weighted by Gasteiger charge is 2.50. The Kier molecular flexibility index (Phi) is 4.73.